The van der Waals surface area contributed by atoms with Gasteiger partial charge in [-0.2, -0.15) is 0 Å². The predicted molar refractivity (Wildman–Crippen MR) is 75.8 cm³/mol. The largest absolute Gasteiger partial charge is 0.396 e. The lowest BCUT2D eigenvalue weighted by molar-refractivity contribution is -0.0940. The molecule has 0 saturated carbocycles. The first-order chi connectivity index (χ1) is 8.53. The van der Waals surface area contributed by atoms with Crippen molar-refractivity contribution >= 4 is 0 Å². The highest BCUT2D eigenvalue weighted by Gasteiger charge is 2.35. The van der Waals surface area contributed by atoms with Crippen LogP contribution in [-0.4, -0.2) is 36.5 Å². The molecule has 0 radical (unpaired) electrons. The summed E-state index contributed by atoms with van der Waals surface area (Å²) in [5.41, 5.74) is 0.0944. The van der Waals surface area contributed by atoms with Crippen molar-refractivity contribution in [1.82, 2.24) is 5.32 Å². The summed E-state index contributed by atoms with van der Waals surface area (Å²) in [6, 6.07) is 0.538. The second-order valence-corrected chi connectivity index (χ2v) is 6.13. The fraction of sp³-hybridized carbons (Fsp3) is 1.00. The Balaban J connectivity index is 2.48. The van der Waals surface area contributed by atoms with Gasteiger partial charge in [0.1, 0.15) is 0 Å². The predicted octanol–water partition coefficient (Wildman–Crippen LogP) is 2.72. The lowest BCUT2D eigenvalue weighted by Crippen LogP contribution is -2.49. The number of aliphatic hydroxyl groups is 1. The molecule has 0 aromatic heterocycles. The molecule has 0 aromatic rings. The minimum absolute atomic E-state index is 0.0133. The maximum atomic E-state index is 9.45. The van der Waals surface area contributed by atoms with Crippen LogP contribution in [0.25, 0.3) is 0 Å². The minimum Gasteiger partial charge on any atom is -0.396 e. The smallest absolute Gasteiger partial charge is 0.0692 e. The van der Waals surface area contributed by atoms with E-state index in [1.165, 1.54) is 0 Å². The van der Waals surface area contributed by atoms with Gasteiger partial charge in [-0.05, 0) is 32.1 Å². The molecule has 2 atom stereocenters. The van der Waals surface area contributed by atoms with Gasteiger partial charge < -0.3 is 15.2 Å². The number of aliphatic hydroxyl groups excluding tert-OH is 1. The van der Waals surface area contributed by atoms with Crippen LogP contribution in [0.3, 0.4) is 0 Å². The van der Waals surface area contributed by atoms with E-state index in [-0.39, 0.29) is 17.6 Å². The van der Waals surface area contributed by atoms with E-state index in [4.69, 9.17) is 4.74 Å². The SMILES string of the molecule is CCC(C)(CO)CNC1CCOC(CC)(CC)C1. The molecule has 0 bridgehead atoms. The zero-order chi connectivity index (χ0) is 13.6. The third-order valence-corrected chi connectivity index (χ3v) is 4.83. The Hall–Kier alpha value is -0.120. The quantitative estimate of drug-likeness (QED) is 0.737. The molecule has 1 aliphatic rings. The molecule has 108 valence electrons. The molecule has 1 aliphatic heterocycles. The zero-order valence-corrected chi connectivity index (χ0v) is 12.6. The maximum Gasteiger partial charge on any atom is 0.0692 e. The average molecular weight is 257 g/mol. The Kier molecular flexibility index (Phi) is 6.09. The van der Waals surface area contributed by atoms with E-state index in [0.29, 0.717) is 6.04 Å². The van der Waals surface area contributed by atoms with Crippen LogP contribution in [0.5, 0.6) is 0 Å². The molecule has 3 nitrogen and oxygen atoms in total. The van der Waals surface area contributed by atoms with Crippen molar-refractivity contribution in [3.8, 4) is 0 Å². The number of nitrogens with one attached hydrogen (secondary N) is 1. The molecular formula is C15H31NO2. The van der Waals surface area contributed by atoms with Crippen LogP contribution in [0.1, 0.15) is 59.8 Å². The van der Waals surface area contributed by atoms with Crippen LogP contribution in [0.4, 0.5) is 0 Å². The van der Waals surface area contributed by atoms with E-state index in [1.807, 2.05) is 0 Å². The number of rotatable bonds is 7. The van der Waals surface area contributed by atoms with E-state index in [9.17, 15) is 5.11 Å². The van der Waals surface area contributed by atoms with Gasteiger partial charge in [0.05, 0.1) is 5.60 Å². The fourth-order valence-electron chi connectivity index (χ4n) is 2.63. The molecule has 1 heterocycles. The third-order valence-electron chi connectivity index (χ3n) is 4.83. The Labute approximate surface area is 112 Å². The van der Waals surface area contributed by atoms with Crippen molar-refractivity contribution in [2.75, 3.05) is 19.8 Å². The standard InChI is InChI=1S/C15H31NO2/c1-5-14(4,12-17)11-16-13-8-9-18-15(6-2,7-3)10-13/h13,16-17H,5-12H2,1-4H3. The average Bonchev–Trinajstić information content (AvgIpc) is 2.45. The molecule has 3 heteroatoms. The molecule has 0 amide bonds. The van der Waals surface area contributed by atoms with Gasteiger partial charge in [-0.3, -0.25) is 0 Å². The first-order valence-electron chi connectivity index (χ1n) is 7.51. The molecule has 2 N–H and O–H groups in total. The van der Waals surface area contributed by atoms with Crippen LogP contribution < -0.4 is 5.32 Å². The van der Waals surface area contributed by atoms with Gasteiger partial charge in [-0.15, -0.1) is 0 Å². The van der Waals surface area contributed by atoms with E-state index < -0.39 is 0 Å². The van der Waals surface area contributed by atoms with Gasteiger partial charge in [0.15, 0.2) is 0 Å². The summed E-state index contributed by atoms with van der Waals surface area (Å²) in [4.78, 5) is 0. The zero-order valence-electron chi connectivity index (χ0n) is 12.6. The normalized spacial score (nSPS) is 26.8. The van der Waals surface area contributed by atoms with Crippen molar-refractivity contribution in [2.45, 2.75) is 71.4 Å². The molecule has 0 spiro atoms. The first kappa shape index (κ1) is 15.9. The van der Waals surface area contributed by atoms with Crippen molar-refractivity contribution in [1.29, 1.82) is 0 Å². The highest BCUT2D eigenvalue weighted by molar-refractivity contribution is 4.89. The van der Waals surface area contributed by atoms with E-state index in [1.54, 1.807) is 0 Å². The Bertz CT molecular complexity index is 235. The second-order valence-electron chi connectivity index (χ2n) is 6.13. The maximum absolute atomic E-state index is 9.45. The lowest BCUT2D eigenvalue weighted by Gasteiger charge is -2.41. The van der Waals surface area contributed by atoms with Gasteiger partial charge >= 0.3 is 0 Å². The monoisotopic (exact) mass is 257 g/mol. The van der Waals surface area contributed by atoms with E-state index in [2.05, 4.69) is 33.0 Å². The van der Waals surface area contributed by atoms with Crippen molar-refractivity contribution < 1.29 is 9.84 Å². The Morgan fingerprint density at radius 2 is 2.00 bits per heavy atom. The third kappa shape index (κ3) is 3.94. The topological polar surface area (TPSA) is 41.5 Å². The van der Waals surface area contributed by atoms with Crippen molar-refractivity contribution in [3.05, 3.63) is 0 Å². The molecular weight excluding hydrogens is 226 g/mol. The molecule has 0 aliphatic carbocycles. The summed E-state index contributed by atoms with van der Waals surface area (Å²) >= 11 is 0. The number of hydrogen-bond donors (Lipinski definition) is 2. The molecule has 2 unspecified atom stereocenters. The summed E-state index contributed by atoms with van der Waals surface area (Å²) in [6.07, 6.45) is 5.38. The van der Waals surface area contributed by atoms with E-state index >= 15 is 0 Å². The van der Waals surface area contributed by atoms with Gasteiger partial charge in [0, 0.05) is 31.2 Å². The highest BCUT2D eigenvalue weighted by atomic mass is 16.5. The first-order valence-corrected chi connectivity index (χ1v) is 7.51. The summed E-state index contributed by atoms with van der Waals surface area (Å²) in [5, 5.41) is 13.1. The summed E-state index contributed by atoms with van der Waals surface area (Å²) in [6.45, 7) is 10.7. The summed E-state index contributed by atoms with van der Waals surface area (Å²) < 4.78 is 5.99. The molecule has 1 fully saturated rings. The van der Waals surface area contributed by atoms with Crippen LogP contribution in [0, 0.1) is 5.41 Å². The Morgan fingerprint density at radius 1 is 1.33 bits per heavy atom. The molecule has 1 saturated heterocycles. The van der Waals surface area contributed by atoms with Gasteiger partial charge in [0.2, 0.25) is 0 Å². The highest BCUT2D eigenvalue weighted by Crippen LogP contribution is 2.31. The van der Waals surface area contributed by atoms with Crippen LogP contribution >= 0.6 is 0 Å². The molecule has 1 rings (SSSR count). The Morgan fingerprint density at radius 3 is 2.50 bits per heavy atom. The second kappa shape index (κ2) is 6.88. The van der Waals surface area contributed by atoms with Gasteiger partial charge in [-0.1, -0.05) is 27.7 Å². The number of ether oxygens (including phenoxy) is 1. The van der Waals surface area contributed by atoms with Gasteiger partial charge in [-0.25, -0.2) is 0 Å². The fourth-order valence-corrected chi connectivity index (χ4v) is 2.63. The van der Waals surface area contributed by atoms with Crippen molar-refractivity contribution in [2.24, 2.45) is 5.41 Å². The van der Waals surface area contributed by atoms with Crippen LogP contribution in [0.15, 0.2) is 0 Å². The summed E-state index contributed by atoms with van der Waals surface area (Å²) in [7, 11) is 0. The van der Waals surface area contributed by atoms with Gasteiger partial charge in [0.25, 0.3) is 0 Å². The van der Waals surface area contributed by atoms with E-state index in [0.717, 1.165) is 45.3 Å². The lowest BCUT2D eigenvalue weighted by atomic mass is 9.84. The molecule has 0 aromatic carbocycles. The van der Waals surface area contributed by atoms with Crippen LogP contribution in [-0.2, 0) is 4.74 Å². The van der Waals surface area contributed by atoms with Crippen LogP contribution in [0.2, 0.25) is 0 Å². The van der Waals surface area contributed by atoms with Crippen molar-refractivity contribution in [3.63, 3.8) is 0 Å². The minimum atomic E-state index is 0.0133. The molecule has 18 heavy (non-hydrogen) atoms. The summed E-state index contributed by atoms with van der Waals surface area (Å²) in [5.74, 6) is 0. The number of hydrogen-bond acceptors (Lipinski definition) is 3.